The lowest BCUT2D eigenvalue weighted by atomic mass is 9.99. The van der Waals surface area contributed by atoms with Crippen LogP contribution in [0.1, 0.15) is 25.7 Å². The minimum atomic E-state index is -0.293. The molecule has 0 N–H and O–H groups in total. The van der Waals surface area contributed by atoms with Gasteiger partial charge in [0.1, 0.15) is 0 Å². The van der Waals surface area contributed by atoms with Crippen molar-refractivity contribution >= 4 is 22.8 Å². The molecule has 1 amide bonds. The summed E-state index contributed by atoms with van der Waals surface area (Å²) in [4.78, 5) is 24.5. The van der Waals surface area contributed by atoms with Crippen molar-refractivity contribution < 1.29 is 9.59 Å². The molecule has 3 nitrogen and oxygen atoms in total. The zero-order valence-corrected chi connectivity index (χ0v) is 8.79. The van der Waals surface area contributed by atoms with Crippen LogP contribution >= 0.6 is 11.6 Å². The number of nitrogens with zero attached hydrogens (tertiary/aromatic N) is 1. The lowest BCUT2D eigenvalue weighted by Crippen LogP contribution is -2.42. The van der Waals surface area contributed by atoms with Gasteiger partial charge >= 0.3 is 0 Å². The van der Waals surface area contributed by atoms with Gasteiger partial charge in [0.05, 0.1) is 5.92 Å². The van der Waals surface area contributed by atoms with Gasteiger partial charge in [-0.05, 0) is 37.3 Å². The minimum Gasteiger partial charge on any atom is -0.342 e. The zero-order valence-electron chi connectivity index (χ0n) is 8.04. The lowest BCUT2D eigenvalue weighted by Gasteiger charge is -2.31. The molecular formula is C10H14ClNO2. The molecule has 1 saturated heterocycles. The number of hydrogen-bond donors (Lipinski definition) is 0. The summed E-state index contributed by atoms with van der Waals surface area (Å²) in [6.45, 7) is 1.34. The first kappa shape index (κ1) is 9.97. The first-order valence-electron chi connectivity index (χ1n) is 5.16. The third-order valence-electron chi connectivity index (χ3n) is 2.98. The second-order valence-corrected chi connectivity index (χ2v) is 4.57. The van der Waals surface area contributed by atoms with Gasteiger partial charge in [0.15, 0.2) is 0 Å². The molecule has 1 saturated carbocycles. The summed E-state index contributed by atoms with van der Waals surface area (Å²) in [5.41, 5.74) is 0. The van der Waals surface area contributed by atoms with E-state index in [2.05, 4.69) is 0 Å². The van der Waals surface area contributed by atoms with Crippen molar-refractivity contribution in [2.45, 2.75) is 25.7 Å². The predicted molar refractivity (Wildman–Crippen MR) is 52.9 cm³/mol. The number of halogens is 1. The average Bonchev–Trinajstić information content (AvgIpc) is 3.00. The van der Waals surface area contributed by atoms with Gasteiger partial charge in [0.25, 0.3) is 0 Å². The molecule has 2 aliphatic rings. The van der Waals surface area contributed by atoms with Gasteiger partial charge in [-0.15, -0.1) is 0 Å². The molecule has 4 heteroatoms. The maximum Gasteiger partial charge on any atom is 0.226 e. The standard InChI is InChI=1S/C10H14ClNO2/c11-9(13)8-2-1-5-12(6-8)10(14)7-3-4-7/h7-8H,1-6H2. The van der Waals surface area contributed by atoms with Crippen molar-refractivity contribution in [3.63, 3.8) is 0 Å². The van der Waals surface area contributed by atoms with Crippen molar-refractivity contribution in [1.29, 1.82) is 0 Å². The van der Waals surface area contributed by atoms with Crippen LogP contribution in [-0.4, -0.2) is 29.1 Å². The van der Waals surface area contributed by atoms with Crippen molar-refractivity contribution in [3.8, 4) is 0 Å². The van der Waals surface area contributed by atoms with Gasteiger partial charge in [-0.1, -0.05) is 0 Å². The fourth-order valence-corrected chi connectivity index (χ4v) is 2.13. The van der Waals surface area contributed by atoms with Crippen molar-refractivity contribution in [1.82, 2.24) is 4.90 Å². The van der Waals surface area contributed by atoms with Crippen molar-refractivity contribution in [2.75, 3.05) is 13.1 Å². The minimum absolute atomic E-state index is 0.131. The van der Waals surface area contributed by atoms with Crippen LogP contribution in [0, 0.1) is 11.8 Å². The maximum absolute atomic E-state index is 11.7. The monoisotopic (exact) mass is 215 g/mol. The molecular weight excluding hydrogens is 202 g/mol. The summed E-state index contributed by atoms with van der Waals surface area (Å²) >= 11 is 5.44. The van der Waals surface area contributed by atoms with Crippen molar-refractivity contribution in [3.05, 3.63) is 0 Å². The van der Waals surface area contributed by atoms with E-state index >= 15 is 0 Å². The second-order valence-electron chi connectivity index (χ2n) is 4.20. The highest BCUT2D eigenvalue weighted by Crippen LogP contribution is 2.32. The molecule has 0 aromatic carbocycles. The number of piperidine rings is 1. The van der Waals surface area contributed by atoms with E-state index in [-0.39, 0.29) is 23.0 Å². The van der Waals surface area contributed by atoms with E-state index in [1.807, 2.05) is 4.90 Å². The fraction of sp³-hybridized carbons (Fsp3) is 0.800. The van der Waals surface area contributed by atoms with Gasteiger partial charge < -0.3 is 4.90 Å². The van der Waals surface area contributed by atoms with Crippen LogP contribution < -0.4 is 0 Å². The molecule has 0 spiro atoms. The van der Waals surface area contributed by atoms with Gasteiger partial charge in [-0.25, -0.2) is 0 Å². The first-order chi connectivity index (χ1) is 6.68. The van der Waals surface area contributed by atoms with E-state index in [4.69, 9.17) is 11.6 Å². The smallest absolute Gasteiger partial charge is 0.226 e. The summed E-state index contributed by atoms with van der Waals surface area (Å²) < 4.78 is 0. The Hall–Kier alpha value is -0.570. The average molecular weight is 216 g/mol. The van der Waals surface area contributed by atoms with Crippen LogP contribution in [0.2, 0.25) is 0 Å². The van der Waals surface area contributed by atoms with E-state index in [9.17, 15) is 9.59 Å². The summed E-state index contributed by atoms with van der Waals surface area (Å²) in [7, 11) is 0. The first-order valence-corrected chi connectivity index (χ1v) is 5.54. The molecule has 2 fully saturated rings. The highest BCUT2D eigenvalue weighted by atomic mass is 35.5. The molecule has 1 atom stereocenters. The molecule has 0 aromatic heterocycles. The normalized spacial score (nSPS) is 27.5. The highest BCUT2D eigenvalue weighted by molar-refractivity contribution is 6.64. The third-order valence-corrected chi connectivity index (χ3v) is 3.29. The Morgan fingerprint density at radius 2 is 1.86 bits per heavy atom. The molecule has 1 aliphatic carbocycles. The molecule has 0 aromatic rings. The van der Waals surface area contributed by atoms with Gasteiger partial charge in [-0.2, -0.15) is 0 Å². The Morgan fingerprint density at radius 1 is 1.14 bits per heavy atom. The molecule has 78 valence electrons. The summed E-state index contributed by atoms with van der Waals surface area (Å²) in [6, 6.07) is 0. The number of carbonyl (C=O) groups is 2. The Morgan fingerprint density at radius 3 is 2.43 bits per heavy atom. The Labute approximate surface area is 88.4 Å². The molecule has 1 unspecified atom stereocenters. The topological polar surface area (TPSA) is 37.4 Å². The van der Waals surface area contributed by atoms with E-state index in [1.165, 1.54) is 0 Å². The van der Waals surface area contributed by atoms with Gasteiger partial charge in [0.2, 0.25) is 11.1 Å². The number of rotatable bonds is 2. The number of likely N-dealkylation sites (tertiary alicyclic amines) is 1. The van der Waals surface area contributed by atoms with Crippen LogP contribution in [0.3, 0.4) is 0 Å². The summed E-state index contributed by atoms with van der Waals surface area (Å²) in [5.74, 6) is 0.347. The summed E-state index contributed by atoms with van der Waals surface area (Å²) in [6.07, 6.45) is 3.78. The zero-order chi connectivity index (χ0) is 10.1. The molecule has 2 rings (SSSR count). The quantitative estimate of drug-likeness (QED) is 0.653. The summed E-state index contributed by atoms with van der Waals surface area (Å²) in [5, 5.41) is -0.293. The molecule has 0 radical (unpaired) electrons. The van der Waals surface area contributed by atoms with Crippen LogP contribution in [0.25, 0.3) is 0 Å². The van der Waals surface area contributed by atoms with Crippen LogP contribution in [0.15, 0.2) is 0 Å². The maximum atomic E-state index is 11.7. The van der Waals surface area contributed by atoms with Crippen LogP contribution in [-0.2, 0) is 9.59 Å². The van der Waals surface area contributed by atoms with Crippen LogP contribution in [0.5, 0.6) is 0 Å². The number of amides is 1. The van der Waals surface area contributed by atoms with Crippen LogP contribution in [0.4, 0.5) is 0 Å². The third kappa shape index (κ3) is 2.08. The molecule has 0 bridgehead atoms. The number of hydrogen-bond acceptors (Lipinski definition) is 2. The van der Waals surface area contributed by atoms with E-state index in [1.54, 1.807) is 0 Å². The van der Waals surface area contributed by atoms with E-state index in [0.717, 1.165) is 32.2 Å². The van der Waals surface area contributed by atoms with E-state index in [0.29, 0.717) is 6.54 Å². The molecule has 1 aliphatic heterocycles. The predicted octanol–water partition coefficient (Wildman–Crippen LogP) is 1.40. The Balaban J connectivity index is 1.92. The Bertz CT molecular complexity index is 263. The van der Waals surface area contributed by atoms with Crippen molar-refractivity contribution in [2.24, 2.45) is 11.8 Å². The van der Waals surface area contributed by atoms with E-state index < -0.39 is 0 Å². The Kier molecular flexibility index (Phi) is 2.77. The largest absolute Gasteiger partial charge is 0.342 e. The SMILES string of the molecule is O=C(Cl)C1CCCN(C(=O)C2CC2)C1. The second kappa shape index (κ2) is 3.89. The lowest BCUT2D eigenvalue weighted by molar-refractivity contribution is -0.135. The number of carbonyl (C=O) groups excluding carboxylic acids is 2. The fourth-order valence-electron chi connectivity index (χ4n) is 1.95. The molecule has 1 heterocycles. The highest BCUT2D eigenvalue weighted by Gasteiger charge is 2.36. The van der Waals surface area contributed by atoms with Gasteiger partial charge in [-0.3, -0.25) is 9.59 Å². The van der Waals surface area contributed by atoms with Gasteiger partial charge in [0, 0.05) is 19.0 Å². The molecule has 14 heavy (non-hydrogen) atoms.